The molecular formula is C13H12ClN3O3S. The SMILES string of the molecule is CN(Cc1ccsc1)C(=O)c1cc([N+](=O)[O-])cc(Cl)c1N. The molecule has 0 atom stereocenters. The van der Waals surface area contributed by atoms with Gasteiger partial charge in [-0.1, -0.05) is 11.6 Å². The number of nitro groups is 1. The average Bonchev–Trinajstić information content (AvgIpc) is 2.93. The number of halogens is 1. The minimum atomic E-state index is -0.610. The molecule has 0 spiro atoms. The first-order valence-corrected chi connectivity index (χ1v) is 7.22. The van der Waals surface area contributed by atoms with Crippen LogP contribution in [-0.2, 0) is 6.54 Å². The lowest BCUT2D eigenvalue weighted by Gasteiger charge is -2.18. The summed E-state index contributed by atoms with van der Waals surface area (Å²) in [6.45, 7) is 0.391. The summed E-state index contributed by atoms with van der Waals surface area (Å²) in [6.07, 6.45) is 0. The van der Waals surface area contributed by atoms with E-state index in [0.29, 0.717) is 6.54 Å². The lowest BCUT2D eigenvalue weighted by Crippen LogP contribution is -2.27. The Hall–Kier alpha value is -2.12. The van der Waals surface area contributed by atoms with Crippen LogP contribution in [0.15, 0.2) is 29.0 Å². The molecule has 0 bridgehead atoms. The van der Waals surface area contributed by atoms with Gasteiger partial charge in [0.2, 0.25) is 0 Å². The Balaban J connectivity index is 2.31. The van der Waals surface area contributed by atoms with Crippen LogP contribution in [0.2, 0.25) is 5.02 Å². The number of non-ortho nitro benzene ring substituents is 1. The molecule has 2 N–H and O–H groups in total. The lowest BCUT2D eigenvalue weighted by molar-refractivity contribution is -0.384. The highest BCUT2D eigenvalue weighted by Crippen LogP contribution is 2.29. The molecule has 6 nitrogen and oxygen atoms in total. The summed E-state index contributed by atoms with van der Waals surface area (Å²) in [4.78, 5) is 24.1. The van der Waals surface area contributed by atoms with Crippen molar-refractivity contribution >= 4 is 40.2 Å². The van der Waals surface area contributed by atoms with Crippen LogP contribution in [0.5, 0.6) is 0 Å². The second kappa shape index (κ2) is 6.11. The van der Waals surface area contributed by atoms with E-state index < -0.39 is 10.8 Å². The smallest absolute Gasteiger partial charge is 0.271 e. The molecule has 0 aliphatic carbocycles. The predicted octanol–water partition coefficient (Wildman–Crippen LogP) is 3.16. The fourth-order valence-electron chi connectivity index (χ4n) is 1.82. The second-order valence-electron chi connectivity index (χ2n) is 4.44. The lowest BCUT2D eigenvalue weighted by atomic mass is 10.1. The van der Waals surface area contributed by atoms with Gasteiger partial charge < -0.3 is 10.6 Å². The van der Waals surface area contributed by atoms with E-state index in [4.69, 9.17) is 17.3 Å². The highest BCUT2D eigenvalue weighted by Gasteiger charge is 2.21. The number of benzene rings is 1. The first-order chi connectivity index (χ1) is 9.90. The third kappa shape index (κ3) is 3.32. The van der Waals surface area contributed by atoms with E-state index in [9.17, 15) is 14.9 Å². The first-order valence-electron chi connectivity index (χ1n) is 5.90. The summed E-state index contributed by atoms with van der Waals surface area (Å²) < 4.78 is 0. The zero-order chi connectivity index (χ0) is 15.6. The standard InChI is InChI=1S/C13H12ClN3O3S/c1-16(6-8-2-3-21-7-8)13(18)10-4-9(17(19)20)5-11(14)12(10)15/h2-5,7H,6,15H2,1H3. The summed E-state index contributed by atoms with van der Waals surface area (Å²) in [7, 11) is 1.60. The molecule has 2 aromatic rings. The van der Waals surface area contributed by atoms with E-state index in [1.165, 1.54) is 16.2 Å². The van der Waals surface area contributed by atoms with E-state index in [1.807, 2.05) is 16.8 Å². The third-order valence-electron chi connectivity index (χ3n) is 2.90. The van der Waals surface area contributed by atoms with Crippen molar-refractivity contribution in [1.29, 1.82) is 0 Å². The first kappa shape index (κ1) is 15.3. The van der Waals surface area contributed by atoms with Gasteiger partial charge in [-0.25, -0.2) is 0 Å². The van der Waals surface area contributed by atoms with Crippen molar-refractivity contribution in [2.75, 3.05) is 12.8 Å². The Bertz CT molecular complexity index is 688. The summed E-state index contributed by atoms with van der Waals surface area (Å²) in [5.41, 5.74) is 6.56. The second-order valence-corrected chi connectivity index (χ2v) is 5.63. The van der Waals surface area contributed by atoms with Gasteiger partial charge in [0.25, 0.3) is 11.6 Å². The number of hydrogen-bond acceptors (Lipinski definition) is 5. The van der Waals surface area contributed by atoms with Gasteiger partial charge in [0.05, 0.1) is 21.2 Å². The van der Waals surface area contributed by atoms with Crippen molar-refractivity contribution in [3.8, 4) is 0 Å². The molecule has 0 aliphatic heterocycles. The number of amides is 1. The van der Waals surface area contributed by atoms with Crippen molar-refractivity contribution in [2.24, 2.45) is 0 Å². The minimum absolute atomic E-state index is 0.00326. The molecule has 21 heavy (non-hydrogen) atoms. The zero-order valence-electron chi connectivity index (χ0n) is 11.1. The number of rotatable bonds is 4. The van der Waals surface area contributed by atoms with Crippen LogP contribution in [0.25, 0.3) is 0 Å². The van der Waals surface area contributed by atoms with Crippen LogP contribution in [0, 0.1) is 10.1 Å². The molecule has 0 aliphatic rings. The largest absolute Gasteiger partial charge is 0.397 e. The quantitative estimate of drug-likeness (QED) is 0.531. The molecule has 0 saturated carbocycles. The molecule has 0 saturated heterocycles. The van der Waals surface area contributed by atoms with Crippen LogP contribution < -0.4 is 5.73 Å². The number of nitrogens with two attached hydrogens (primary N) is 1. The van der Waals surface area contributed by atoms with Crippen LogP contribution in [-0.4, -0.2) is 22.8 Å². The number of nitrogens with zero attached hydrogens (tertiary/aromatic N) is 2. The van der Waals surface area contributed by atoms with Gasteiger partial charge in [-0.05, 0) is 22.4 Å². The van der Waals surface area contributed by atoms with Crippen LogP contribution in [0.1, 0.15) is 15.9 Å². The van der Waals surface area contributed by atoms with Gasteiger partial charge in [0, 0.05) is 25.7 Å². The molecular weight excluding hydrogens is 314 g/mol. The molecule has 0 fully saturated rings. The number of carbonyl (C=O) groups is 1. The highest BCUT2D eigenvalue weighted by molar-refractivity contribution is 7.07. The number of nitrogen functional groups attached to an aromatic ring is 1. The number of nitro benzene ring substituents is 1. The Morgan fingerprint density at radius 3 is 2.81 bits per heavy atom. The topological polar surface area (TPSA) is 89.5 Å². The number of anilines is 1. The maximum Gasteiger partial charge on any atom is 0.271 e. The van der Waals surface area contributed by atoms with Crippen molar-refractivity contribution in [1.82, 2.24) is 4.90 Å². The zero-order valence-corrected chi connectivity index (χ0v) is 12.6. The number of hydrogen-bond donors (Lipinski definition) is 1. The van der Waals surface area contributed by atoms with Gasteiger partial charge in [0.1, 0.15) is 0 Å². The average molecular weight is 326 g/mol. The highest BCUT2D eigenvalue weighted by atomic mass is 35.5. The van der Waals surface area contributed by atoms with Crippen LogP contribution in [0.4, 0.5) is 11.4 Å². The van der Waals surface area contributed by atoms with Gasteiger partial charge in [0.15, 0.2) is 0 Å². The Labute approximate surface area is 129 Å². The Kier molecular flexibility index (Phi) is 4.44. The van der Waals surface area contributed by atoms with Gasteiger partial charge >= 0.3 is 0 Å². The Morgan fingerprint density at radius 2 is 2.24 bits per heavy atom. The molecule has 1 aromatic heterocycles. The monoisotopic (exact) mass is 325 g/mol. The van der Waals surface area contributed by atoms with Gasteiger partial charge in [-0.3, -0.25) is 14.9 Å². The van der Waals surface area contributed by atoms with E-state index in [2.05, 4.69) is 0 Å². The van der Waals surface area contributed by atoms with E-state index in [1.54, 1.807) is 7.05 Å². The van der Waals surface area contributed by atoms with Crippen molar-refractivity contribution in [3.05, 3.63) is 55.2 Å². The maximum absolute atomic E-state index is 12.4. The molecule has 2 rings (SSSR count). The van der Waals surface area contributed by atoms with E-state index >= 15 is 0 Å². The predicted molar refractivity (Wildman–Crippen MR) is 82.6 cm³/mol. The summed E-state index contributed by atoms with van der Waals surface area (Å²) >= 11 is 7.38. The van der Waals surface area contributed by atoms with E-state index in [0.717, 1.165) is 17.7 Å². The van der Waals surface area contributed by atoms with Gasteiger partial charge in [-0.15, -0.1) is 0 Å². The number of thiophene rings is 1. The summed E-state index contributed by atoms with van der Waals surface area (Å²) in [5, 5.41) is 14.7. The normalized spacial score (nSPS) is 10.4. The fraction of sp³-hybridized carbons (Fsp3) is 0.154. The minimum Gasteiger partial charge on any atom is -0.397 e. The molecule has 110 valence electrons. The van der Waals surface area contributed by atoms with Crippen LogP contribution >= 0.6 is 22.9 Å². The maximum atomic E-state index is 12.4. The third-order valence-corrected chi connectivity index (χ3v) is 3.95. The molecule has 8 heteroatoms. The van der Waals surface area contributed by atoms with Gasteiger partial charge in [-0.2, -0.15) is 11.3 Å². The Morgan fingerprint density at radius 1 is 1.52 bits per heavy atom. The summed E-state index contributed by atoms with van der Waals surface area (Å²) in [6, 6.07) is 4.18. The molecule has 1 aromatic carbocycles. The molecule has 0 unspecified atom stereocenters. The van der Waals surface area contributed by atoms with Crippen molar-refractivity contribution in [3.63, 3.8) is 0 Å². The molecule has 0 radical (unpaired) electrons. The summed E-state index contributed by atoms with van der Waals surface area (Å²) in [5.74, 6) is -0.413. The van der Waals surface area contributed by atoms with Crippen LogP contribution in [0.3, 0.4) is 0 Å². The van der Waals surface area contributed by atoms with Crippen molar-refractivity contribution < 1.29 is 9.72 Å². The van der Waals surface area contributed by atoms with E-state index in [-0.39, 0.29) is 22.0 Å². The molecule has 1 heterocycles. The number of carbonyl (C=O) groups excluding carboxylic acids is 1. The molecule has 1 amide bonds. The van der Waals surface area contributed by atoms with Crippen molar-refractivity contribution in [2.45, 2.75) is 6.54 Å². The fourth-order valence-corrected chi connectivity index (χ4v) is 2.69.